The number of piperidine rings is 1. The molecule has 1 saturated heterocycles. The lowest BCUT2D eigenvalue weighted by Crippen LogP contribution is -2.37. The minimum atomic E-state index is -1.07. The number of ether oxygens (including phenoxy) is 2. The van der Waals surface area contributed by atoms with E-state index in [4.69, 9.17) is 9.47 Å². The van der Waals surface area contributed by atoms with Crippen molar-refractivity contribution in [2.75, 3.05) is 31.7 Å². The molecule has 1 aromatic heterocycles. The summed E-state index contributed by atoms with van der Waals surface area (Å²) in [5, 5.41) is 9.39. The van der Waals surface area contributed by atoms with Crippen LogP contribution >= 0.6 is 0 Å². The zero-order valence-corrected chi connectivity index (χ0v) is 17.2. The smallest absolute Gasteiger partial charge is 0.213 e. The fourth-order valence-corrected chi connectivity index (χ4v) is 3.46. The Kier molecular flexibility index (Phi) is 6.38. The Morgan fingerprint density at radius 1 is 1.28 bits per heavy atom. The van der Waals surface area contributed by atoms with Crippen LogP contribution in [-0.4, -0.2) is 37.6 Å². The number of aromatic nitrogens is 1. The van der Waals surface area contributed by atoms with Crippen LogP contribution in [0.4, 0.5) is 5.69 Å². The number of methoxy groups -OCH3 is 1. The lowest BCUT2D eigenvalue weighted by molar-refractivity contribution is 0.0892. The maximum Gasteiger partial charge on any atom is 0.213 e. The fraction of sp³-hybridized carbons (Fsp3) is 0.435. The van der Waals surface area contributed by atoms with Crippen LogP contribution in [0.1, 0.15) is 37.0 Å². The van der Waals surface area contributed by atoms with E-state index in [0.717, 1.165) is 31.6 Å². The quantitative estimate of drug-likeness (QED) is 0.659. The van der Waals surface area contributed by atoms with Crippen molar-refractivity contribution in [3.8, 4) is 17.7 Å². The summed E-state index contributed by atoms with van der Waals surface area (Å²) in [7, 11) is 1.61. The molecule has 1 aromatic carbocycles. The van der Waals surface area contributed by atoms with Gasteiger partial charge in [0.1, 0.15) is 11.2 Å². The lowest BCUT2D eigenvalue weighted by atomic mass is 9.84. The van der Waals surface area contributed by atoms with Crippen LogP contribution in [0.15, 0.2) is 42.6 Å². The van der Waals surface area contributed by atoms with Gasteiger partial charge in [-0.05, 0) is 50.8 Å². The second kappa shape index (κ2) is 8.95. The molecule has 2 aromatic rings. The zero-order valence-electron chi connectivity index (χ0n) is 17.2. The van der Waals surface area contributed by atoms with Gasteiger partial charge in [-0.2, -0.15) is 5.26 Å². The molecule has 0 amide bonds. The summed E-state index contributed by atoms with van der Waals surface area (Å²) in [5.41, 5.74) is 0.334. The van der Waals surface area contributed by atoms with E-state index in [9.17, 15) is 10.1 Å². The summed E-state index contributed by atoms with van der Waals surface area (Å²) in [6, 6.07) is 13.2. The topological polar surface area (TPSA) is 75.5 Å². The Hall–Kier alpha value is -3.07. The van der Waals surface area contributed by atoms with E-state index in [-0.39, 0.29) is 5.78 Å². The first-order chi connectivity index (χ1) is 13.9. The number of pyridine rings is 1. The molecule has 29 heavy (non-hydrogen) atoms. The van der Waals surface area contributed by atoms with Crippen molar-refractivity contribution in [3.63, 3.8) is 0 Å². The number of carbonyl (C=O) groups excluding carboxylic acids is 1. The van der Waals surface area contributed by atoms with Crippen molar-refractivity contribution in [3.05, 3.63) is 48.2 Å². The fourth-order valence-electron chi connectivity index (χ4n) is 3.46. The number of nitriles is 1. The van der Waals surface area contributed by atoms with Crippen LogP contribution in [0.5, 0.6) is 11.6 Å². The van der Waals surface area contributed by atoms with E-state index in [0.29, 0.717) is 29.7 Å². The highest BCUT2D eigenvalue weighted by Crippen LogP contribution is 2.34. The van der Waals surface area contributed by atoms with Crippen LogP contribution < -0.4 is 14.4 Å². The summed E-state index contributed by atoms with van der Waals surface area (Å²) in [6.07, 6.45) is 3.64. The molecular formula is C23H27N3O3. The Balaban J connectivity index is 1.71. The first-order valence-electron chi connectivity index (χ1n) is 9.87. The molecular weight excluding hydrogens is 366 g/mol. The second-order valence-electron chi connectivity index (χ2n) is 7.86. The van der Waals surface area contributed by atoms with Gasteiger partial charge in [-0.3, -0.25) is 4.79 Å². The number of nitrogens with zero attached hydrogens (tertiary/aromatic N) is 3. The van der Waals surface area contributed by atoms with Gasteiger partial charge < -0.3 is 14.4 Å². The molecule has 0 unspecified atom stereocenters. The maximum absolute atomic E-state index is 13.0. The number of Topliss-reactive ketones (excluding diaryl/α,β-unsaturated/α-hetero) is 1. The highest BCUT2D eigenvalue weighted by Gasteiger charge is 2.32. The SMILES string of the molecule is COc1ccc(C(=O)C(C)(C)C#N)c(N2CCC(COc3ccccn3)CC2)c1. The van der Waals surface area contributed by atoms with Gasteiger partial charge in [-0.15, -0.1) is 0 Å². The molecule has 0 bridgehead atoms. The number of ketones is 1. The molecule has 2 heterocycles. The standard InChI is InChI=1S/C23H27N3O3/c1-23(2,16-24)22(27)19-8-7-18(28-3)14-20(19)26-12-9-17(10-13-26)15-29-21-6-4-5-11-25-21/h4-8,11,14,17H,9-10,12-13,15H2,1-3H3. The first kappa shape index (κ1) is 20.7. The molecule has 0 spiro atoms. The predicted molar refractivity (Wildman–Crippen MR) is 111 cm³/mol. The summed E-state index contributed by atoms with van der Waals surface area (Å²) in [6.45, 7) is 5.58. The molecule has 0 saturated carbocycles. The third-order valence-electron chi connectivity index (χ3n) is 5.36. The van der Waals surface area contributed by atoms with Gasteiger partial charge in [0.2, 0.25) is 5.88 Å². The van der Waals surface area contributed by atoms with Crippen LogP contribution in [0, 0.1) is 22.7 Å². The summed E-state index contributed by atoms with van der Waals surface area (Å²) < 4.78 is 11.2. The molecule has 0 radical (unpaired) electrons. The molecule has 0 N–H and O–H groups in total. The number of carbonyl (C=O) groups is 1. The second-order valence-corrected chi connectivity index (χ2v) is 7.86. The summed E-state index contributed by atoms with van der Waals surface area (Å²) in [5.74, 6) is 1.62. The van der Waals surface area contributed by atoms with Gasteiger partial charge in [-0.1, -0.05) is 6.07 Å². The maximum atomic E-state index is 13.0. The Labute approximate surface area is 172 Å². The van der Waals surface area contributed by atoms with E-state index >= 15 is 0 Å². The van der Waals surface area contributed by atoms with E-state index in [1.807, 2.05) is 24.3 Å². The van der Waals surface area contributed by atoms with Gasteiger partial charge in [0.15, 0.2) is 5.78 Å². The summed E-state index contributed by atoms with van der Waals surface area (Å²) in [4.78, 5) is 19.4. The van der Waals surface area contributed by atoms with E-state index < -0.39 is 5.41 Å². The number of hydrogen-bond donors (Lipinski definition) is 0. The minimum Gasteiger partial charge on any atom is -0.497 e. The molecule has 1 aliphatic heterocycles. The highest BCUT2D eigenvalue weighted by atomic mass is 16.5. The molecule has 0 atom stereocenters. The van der Waals surface area contributed by atoms with Crippen molar-refractivity contribution in [1.82, 2.24) is 4.98 Å². The number of anilines is 1. The van der Waals surface area contributed by atoms with E-state index in [1.165, 1.54) is 0 Å². The van der Waals surface area contributed by atoms with Crippen molar-refractivity contribution in [2.45, 2.75) is 26.7 Å². The molecule has 3 rings (SSSR count). The molecule has 6 nitrogen and oxygen atoms in total. The lowest BCUT2D eigenvalue weighted by Gasteiger charge is -2.35. The molecule has 1 fully saturated rings. The monoisotopic (exact) mass is 393 g/mol. The molecule has 1 aliphatic rings. The van der Waals surface area contributed by atoms with E-state index in [2.05, 4.69) is 16.0 Å². The number of hydrogen-bond acceptors (Lipinski definition) is 6. The van der Waals surface area contributed by atoms with Gasteiger partial charge in [0.25, 0.3) is 0 Å². The average Bonchev–Trinajstić information content (AvgIpc) is 2.77. The molecule has 6 heteroatoms. The van der Waals surface area contributed by atoms with Gasteiger partial charge in [0, 0.05) is 37.0 Å². The Bertz CT molecular complexity index is 882. The van der Waals surface area contributed by atoms with Crippen molar-refractivity contribution < 1.29 is 14.3 Å². The third-order valence-corrected chi connectivity index (χ3v) is 5.36. The zero-order chi connectivity index (χ0) is 20.9. The highest BCUT2D eigenvalue weighted by molar-refractivity contribution is 6.06. The molecule has 0 aliphatic carbocycles. The Morgan fingerprint density at radius 3 is 2.66 bits per heavy atom. The van der Waals surface area contributed by atoms with Gasteiger partial charge >= 0.3 is 0 Å². The molecule has 152 valence electrons. The average molecular weight is 393 g/mol. The first-order valence-corrected chi connectivity index (χ1v) is 9.87. The van der Waals surface area contributed by atoms with Crippen molar-refractivity contribution >= 4 is 11.5 Å². The number of rotatable bonds is 7. The van der Waals surface area contributed by atoms with Crippen LogP contribution in [-0.2, 0) is 0 Å². The largest absolute Gasteiger partial charge is 0.497 e. The Morgan fingerprint density at radius 2 is 2.03 bits per heavy atom. The summed E-state index contributed by atoms with van der Waals surface area (Å²) >= 11 is 0. The normalized spacial score (nSPS) is 14.9. The number of benzene rings is 1. The van der Waals surface area contributed by atoms with Crippen molar-refractivity contribution in [2.24, 2.45) is 11.3 Å². The predicted octanol–water partition coefficient (Wildman–Crippen LogP) is 4.12. The van der Waals surface area contributed by atoms with Crippen LogP contribution in [0.2, 0.25) is 0 Å². The van der Waals surface area contributed by atoms with Gasteiger partial charge in [0.05, 0.1) is 25.5 Å². The minimum absolute atomic E-state index is 0.168. The van der Waals surface area contributed by atoms with Crippen LogP contribution in [0.25, 0.3) is 0 Å². The van der Waals surface area contributed by atoms with E-state index in [1.54, 1.807) is 39.3 Å². The van der Waals surface area contributed by atoms with Crippen molar-refractivity contribution in [1.29, 1.82) is 5.26 Å². The third kappa shape index (κ3) is 4.86. The van der Waals surface area contributed by atoms with Crippen LogP contribution in [0.3, 0.4) is 0 Å². The van der Waals surface area contributed by atoms with Gasteiger partial charge in [-0.25, -0.2) is 4.98 Å².